The van der Waals surface area contributed by atoms with Gasteiger partial charge in [-0.1, -0.05) is 6.92 Å². The van der Waals surface area contributed by atoms with Crippen molar-refractivity contribution < 1.29 is 0 Å². The van der Waals surface area contributed by atoms with E-state index in [1.54, 1.807) is 0 Å². The molecule has 3 heteroatoms. The topological polar surface area (TPSA) is 17.0 Å². The Kier molecular flexibility index (Phi) is 6.60. The molecule has 0 aliphatic rings. The molecule has 0 amide bonds. The van der Waals surface area contributed by atoms with Crippen molar-refractivity contribution in [3.8, 4) is 0 Å². The Bertz CT molecular complexity index is 258. The predicted octanol–water partition coefficient (Wildman–Crippen LogP) is 2.74. The van der Waals surface area contributed by atoms with E-state index in [9.17, 15) is 0 Å². The van der Waals surface area contributed by atoms with Crippen molar-refractivity contribution in [3.05, 3.63) is 24.0 Å². The first-order valence-corrected chi connectivity index (χ1v) is 7.11. The summed E-state index contributed by atoms with van der Waals surface area (Å²) in [6, 6.07) is 4.34. The molecule has 15 heavy (non-hydrogen) atoms. The molecule has 1 heterocycles. The smallest absolute Gasteiger partial charge is 0.0359 e. The molecule has 86 valence electrons. The number of hydrogen-bond acceptors (Lipinski definition) is 2. The van der Waals surface area contributed by atoms with Crippen molar-refractivity contribution in [1.82, 2.24) is 9.88 Å². The van der Waals surface area contributed by atoms with Gasteiger partial charge in [0.2, 0.25) is 0 Å². The fourth-order valence-electron chi connectivity index (χ4n) is 1.63. The largest absolute Gasteiger partial charge is 0.350 e. The molecule has 0 aliphatic heterocycles. The second kappa shape index (κ2) is 7.83. The number of aryl methyl sites for hydroxylation is 1. The molecule has 0 atom stereocenters. The normalized spacial score (nSPS) is 10.8. The first-order valence-electron chi connectivity index (χ1n) is 5.72. The molecule has 1 aromatic heterocycles. The van der Waals surface area contributed by atoms with Crippen molar-refractivity contribution in [2.24, 2.45) is 0 Å². The van der Waals surface area contributed by atoms with Gasteiger partial charge in [-0.3, -0.25) is 0 Å². The summed E-state index contributed by atoms with van der Waals surface area (Å²) in [7, 11) is 0. The summed E-state index contributed by atoms with van der Waals surface area (Å²) in [6.45, 7) is 5.48. The molecule has 0 unspecified atom stereocenters. The second-order valence-electron chi connectivity index (χ2n) is 3.72. The third-order valence-corrected chi connectivity index (χ3v) is 3.09. The summed E-state index contributed by atoms with van der Waals surface area (Å²) in [6.07, 6.45) is 6.79. The molecule has 0 saturated heterocycles. The van der Waals surface area contributed by atoms with Crippen LogP contribution in [-0.2, 0) is 13.1 Å². The van der Waals surface area contributed by atoms with E-state index < -0.39 is 0 Å². The molecule has 0 aromatic carbocycles. The highest BCUT2D eigenvalue weighted by Crippen LogP contribution is 2.03. The van der Waals surface area contributed by atoms with Crippen LogP contribution in [0.5, 0.6) is 0 Å². The van der Waals surface area contributed by atoms with Gasteiger partial charge in [0.1, 0.15) is 0 Å². The van der Waals surface area contributed by atoms with Crippen LogP contribution in [0.2, 0.25) is 0 Å². The molecule has 0 aliphatic carbocycles. The number of rotatable bonds is 8. The Morgan fingerprint density at radius 3 is 3.07 bits per heavy atom. The summed E-state index contributed by atoms with van der Waals surface area (Å²) >= 11 is 1.92. The van der Waals surface area contributed by atoms with Crippen molar-refractivity contribution >= 4 is 11.8 Å². The summed E-state index contributed by atoms with van der Waals surface area (Å²) in [5.74, 6) is 1.25. The van der Waals surface area contributed by atoms with E-state index in [0.29, 0.717) is 0 Å². The van der Waals surface area contributed by atoms with Crippen molar-refractivity contribution in [3.63, 3.8) is 0 Å². The average Bonchev–Trinajstić information content (AvgIpc) is 2.66. The number of nitrogens with one attached hydrogen (secondary N) is 1. The molecular formula is C12H22N2S. The van der Waals surface area contributed by atoms with Gasteiger partial charge < -0.3 is 9.88 Å². The molecule has 0 bridgehead atoms. The minimum absolute atomic E-state index is 1.00. The third kappa shape index (κ3) is 4.76. The van der Waals surface area contributed by atoms with Gasteiger partial charge in [-0.15, -0.1) is 0 Å². The van der Waals surface area contributed by atoms with E-state index in [1.807, 2.05) is 11.8 Å². The standard InChI is InChI=1S/C12H22N2S/c1-3-8-14-9-4-6-12(14)11-13-7-5-10-15-2/h4,6,9,13H,3,5,7-8,10-11H2,1-2H3. The Balaban J connectivity index is 2.21. The zero-order valence-corrected chi connectivity index (χ0v) is 10.6. The highest BCUT2D eigenvalue weighted by molar-refractivity contribution is 7.98. The number of aromatic nitrogens is 1. The predicted molar refractivity (Wildman–Crippen MR) is 69.4 cm³/mol. The highest BCUT2D eigenvalue weighted by atomic mass is 32.2. The molecule has 2 nitrogen and oxygen atoms in total. The molecule has 1 N–H and O–H groups in total. The van der Waals surface area contributed by atoms with Gasteiger partial charge in [-0.25, -0.2) is 0 Å². The summed E-state index contributed by atoms with van der Waals surface area (Å²) < 4.78 is 2.33. The van der Waals surface area contributed by atoms with Crippen LogP contribution in [0.4, 0.5) is 0 Å². The van der Waals surface area contributed by atoms with E-state index in [0.717, 1.165) is 19.6 Å². The maximum Gasteiger partial charge on any atom is 0.0359 e. The van der Waals surface area contributed by atoms with E-state index >= 15 is 0 Å². The Morgan fingerprint density at radius 2 is 2.33 bits per heavy atom. The maximum absolute atomic E-state index is 3.49. The fourth-order valence-corrected chi connectivity index (χ4v) is 2.06. The molecule has 0 fully saturated rings. The lowest BCUT2D eigenvalue weighted by atomic mass is 10.4. The molecule has 1 rings (SSSR count). The number of nitrogens with zero attached hydrogens (tertiary/aromatic N) is 1. The second-order valence-corrected chi connectivity index (χ2v) is 4.70. The first kappa shape index (κ1) is 12.7. The zero-order chi connectivity index (χ0) is 10.9. The number of thioether (sulfide) groups is 1. The van der Waals surface area contributed by atoms with Gasteiger partial charge in [0.15, 0.2) is 0 Å². The Morgan fingerprint density at radius 1 is 1.47 bits per heavy atom. The van der Waals surface area contributed by atoms with Crippen molar-refractivity contribution in [2.45, 2.75) is 32.9 Å². The summed E-state index contributed by atoms with van der Waals surface area (Å²) in [5, 5.41) is 3.49. The molecule has 1 aromatic rings. The van der Waals surface area contributed by atoms with Crippen LogP contribution in [0.1, 0.15) is 25.5 Å². The average molecular weight is 226 g/mol. The first-order chi connectivity index (χ1) is 7.38. The van der Waals surface area contributed by atoms with Gasteiger partial charge in [0.05, 0.1) is 0 Å². The summed E-state index contributed by atoms with van der Waals surface area (Å²) in [4.78, 5) is 0. The van der Waals surface area contributed by atoms with E-state index in [1.165, 1.54) is 24.3 Å². The molecule has 0 spiro atoms. The van der Waals surface area contributed by atoms with E-state index in [4.69, 9.17) is 0 Å². The highest BCUT2D eigenvalue weighted by Gasteiger charge is 1.98. The SMILES string of the molecule is CCCn1cccc1CNCCCSC. The number of hydrogen-bond donors (Lipinski definition) is 1. The lowest BCUT2D eigenvalue weighted by molar-refractivity contribution is 0.600. The Labute approximate surface area is 97.4 Å². The summed E-state index contributed by atoms with van der Waals surface area (Å²) in [5.41, 5.74) is 1.40. The lowest BCUT2D eigenvalue weighted by Gasteiger charge is -2.08. The van der Waals surface area contributed by atoms with E-state index in [-0.39, 0.29) is 0 Å². The van der Waals surface area contributed by atoms with Crippen molar-refractivity contribution in [2.75, 3.05) is 18.6 Å². The van der Waals surface area contributed by atoms with Crippen LogP contribution in [0.25, 0.3) is 0 Å². The van der Waals surface area contributed by atoms with Crippen LogP contribution < -0.4 is 5.32 Å². The maximum atomic E-state index is 3.49. The third-order valence-electron chi connectivity index (χ3n) is 2.40. The van der Waals surface area contributed by atoms with Crippen LogP contribution >= 0.6 is 11.8 Å². The monoisotopic (exact) mass is 226 g/mol. The lowest BCUT2D eigenvalue weighted by Crippen LogP contribution is -2.17. The quantitative estimate of drug-likeness (QED) is 0.686. The van der Waals surface area contributed by atoms with Crippen LogP contribution in [0.15, 0.2) is 18.3 Å². The van der Waals surface area contributed by atoms with Crippen LogP contribution in [-0.4, -0.2) is 23.1 Å². The molecule has 0 radical (unpaired) electrons. The minimum Gasteiger partial charge on any atom is -0.350 e. The van der Waals surface area contributed by atoms with Gasteiger partial charge in [0, 0.05) is 25.0 Å². The van der Waals surface area contributed by atoms with Gasteiger partial charge in [-0.05, 0) is 43.5 Å². The van der Waals surface area contributed by atoms with Crippen LogP contribution in [0, 0.1) is 0 Å². The zero-order valence-electron chi connectivity index (χ0n) is 9.83. The van der Waals surface area contributed by atoms with E-state index in [2.05, 4.69) is 41.4 Å². The Hall–Kier alpha value is -0.410. The van der Waals surface area contributed by atoms with Crippen LogP contribution in [0.3, 0.4) is 0 Å². The minimum atomic E-state index is 1.00. The van der Waals surface area contributed by atoms with Crippen molar-refractivity contribution in [1.29, 1.82) is 0 Å². The van der Waals surface area contributed by atoms with Gasteiger partial charge in [-0.2, -0.15) is 11.8 Å². The molecular weight excluding hydrogens is 204 g/mol. The van der Waals surface area contributed by atoms with Gasteiger partial charge in [0.25, 0.3) is 0 Å². The molecule has 0 saturated carbocycles. The van der Waals surface area contributed by atoms with Gasteiger partial charge >= 0.3 is 0 Å². The fraction of sp³-hybridized carbons (Fsp3) is 0.667.